The van der Waals surface area contributed by atoms with Crippen LogP contribution in [0.3, 0.4) is 0 Å². The largest absolute Gasteiger partial charge is 0.216 e. The smallest absolute Gasteiger partial charge is 0.171 e. The molecule has 1 aromatic carbocycles. The molecule has 0 amide bonds. The van der Waals surface area contributed by atoms with Crippen molar-refractivity contribution in [3.8, 4) is 5.69 Å². The Morgan fingerprint density at radius 3 is 2.56 bits per heavy atom. The van der Waals surface area contributed by atoms with Gasteiger partial charge < -0.3 is 0 Å². The second-order valence-corrected chi connectivity index (χ2v) is 10.7. The van der Waals surface area contributed by atoms with Gasteiger partial charge in [0.25, 0.3) is 0 Å². The molecule has 0 saturated heterocycles. The van der Waals surface area contributed by atoms with E-state index in [1.165, 1.54) is 6.42 Å². The summed E-state index contributed by atoms with van der Waals surface area (Å²) in [6, 6.07) is 10.1. The molecule has 0 aliphatic heterocycles. The topological polar surface area (TPSA) is 104 Å². The highest BCUT2D eigenvalue weighted by atomic mass is 15.6. The van der Waals surface area contributed by atoms with E-state index >= 15 is 0 Å². The molecule has 10 heteroatoms. The Labute approximate surface area is 195 Å². The van der Waals surface area contributed by atoms with E-state index in [1.807, 2.05) is 57.4 Å². The number of fused-ring (bicyclic) bond motifs is 3. The highest BCUT2D eigenvalue weighted by molar-refractivity contribution is 5.89. The van der Waals surface area contributed by atoms with Gasteiger partial charge in [-0.15, -0.1) is 15.3 Å². The van der Waals surface area contributed by atoms with E-state index in [0.717, 1.165) is 66.1 Å². The minimum Gasteiger partial charge on any atom is -0.216 e. The van der Waals surface area contributed by atoms with Gasteiger partial charge in [0.1, 0.15) is 6.33 Å². The molecular formula is C24H24N10. The average Bonchev–Trinajstić information content (AvgIpc) is 3.56. The first-order valence-electron chi connectivity index (χ1n) is 12.0. The summed E-state index contributed by atoms with van der Waals surface area (Å²) in [6.07, 6.45) is 10.4. The molecule has 4 fully saturated rings. The monoisotopic (exact) mass is 452 g/mol. The summed E-state index contributed by atoms with van der Waals surface area (Å²) in [5.74, 6) is 2.97. The highest BCUT2D eigenvalue weighted by Gasteiger charge is 2.61. The molecule has 2 atom stereocenters. The van der Waals surface area contributed by atoms with E-state index in [2.05, 4.69) is 20.5 Å². The van der Waals surface area contributed by atoms with Crippen LogP contribution in [-0.4, -0.2) is 49.6 Å². The lowest BCUT2D eigenvalue weighted by atomic mass is 9.46. The van der Waals surface area contributed by atoms with Gasteiger partial charge in [0.15, 0.2) is 22.9 Å². The summed E-state index contributed by atoms with van der Waals surface area (Å²) in [5, 5.41) is 23.9. The van der Waals surface area contributed by atoms with E-state index in [0.29, 0.717) is 11.8 Å². The molecule has 4 aliphatic carbocycles. The van der Waals surface area contributed by atoms with Crippen molar-refractivity contribution in [2.24, 2.45) is 11.8 Å². The zero-order chi connectivity index (χ0) is 22.5. The predicted molar refractivity (Wildman–Crippen MR) is 122 cm³/mol. The molecule has 0 unspecified atom stereocenters. The lowest BCUT2D eigenvalue weighted by Crippen LogP contribution is -2.59. The second-order valence-electron chi connectivity index (χ2n) is 10.7. The molecule has 34 heavy (non-hydrogen) atoms. The van der Waals surface area contributed by atoms with Gasteiger partial charge in [-0.05, 0) is 74.6 Å². The van der Waals surface area contributed by atoms with Crippen LogP contribution in [0.25, 0.3) is 22.4 Å². The van der Waals surface area contributed by atoms with Crippen molar-refractivity contribution in [3.05, 3.63) is 54.5 Å². The number of benzene rings is 1. The summed E-state index contributed by atoms with van der Waals surface area (Å²) in [5.41, 5.74) is 2.46. The van der Waals surface area contributed by atoms with E-state index in [9.17, 15) is 0 Å². The normalized spacial score (nSPS) is 30.0. The molecule has 10 nitrogen and oxygen atoms in total. The SMILES string of the molecule is Cc1nnn(C23C[C@H]4C[C@@H](CC(c5nc6c7cnn(-c8ccccc8)c7ncn6n5)(C4)C2)C3)n1. The van der Waals surface area contributed by atoms with Crippen molar-refractivity contribution in [2.75, 3.05) is 0 Å². The third-order valence-electron chi connectivity index (χ3n) is 8.35. The average molecular weight is 453 g/mol. The van der Waals surface area contributed by atoms with Crippen molar-refractivity contribution in [1.29, 1.82) is 0 Å². The third-order valence-corrected chi connectivity index (χ3v) is 8.35. The summed E-state index contributed by atoms with van der Waals surface area (Å²) in [6.45, 7) is 1.91. The van der Waals surface area contributed by atoms with Crippen molar-refractivity contribution < 1.29 is 0 Å². The zero-order valence-corrected chi connectivity index (χ0v) is 18.9. The molecule has 4 aliphatic rings. The maximum absolute atomic E-state index is 5.16. The third kappa shape index (κ3) is 2.43. The van der Waals surface area contributed by atoms with Crippen LogP contribution in [0.4, 0.5) is 0 Å². The molecule has 4 saturated carbocycles. The van der Waals surface area contributed by atoms with Crippen LogP contribution in [-0.2, 0) is 11.0 Å². The molecule has 4 aromatic heterocycles. The molecule has 9 rings (SSSR count). The summed E-state index contributed by atoms with van der Waals surface area (Å²) < 4.78 is 3.69. The number of para-hydroxylation sites is 1. The van der Waals surface area contributed by atoms with Crippen LogP contribution in [0.2, 0.25) is 0 Å². The first kappa shape index (κ1) is 18.7. The fourth-order valence-corrected chi connectivity index (χ4v) is 7.50. The van der Waals surface area contributed by atoms with E-state index in [-0.39, 0.29) is 11.0 Å². The van der Waals surface area contributed by atoms with Crippen LogP contribution in [0.15, 0.2) is 42.9 Å². The fraction of sp³-hybridized carbons (Fsp3) is 0.458. The molecule has 4 bridgehead atoms. The Hall–Kier alpha value is -3.69. The van der Waals surface area contributed by atoms with Crippen LogP contribution < -0.4 is 0 Å². The lowest BCUT2D eigenvalue weighted by Gasteiger charge is -2.60. The number of hydrogen-bond donors (Lipinski definition) is 0. The van der Waals surface area contributed by atoms with Gasteiger partial charge in [-0.25, -0.2) is 19.2 Å². The molecule has 0 N–H and O–H groups in total. The Morgan fingerprint density at radius 2 is 1.79 bits per heavy atom. The van der Waals surface area contributed by atoms with Crippen LogP contribution in [0.5, 0.6) is 0 Å². The van der Waals surface area contributed by atoms with Gasteiger partial charge in [-0.1, -0.05) is 18.2 Å². The van der Waals surface area contributed by atoms with Gasteiger partial charge in [0.2, 0.25) is 0 Å². The molecule has 0 radical (unpaired) electrons. The number of rotatable bonds is 3. The summed E-state index contributed by atoms with van der Waals surface area (Å²) >= 11 is 0. The number of aryl methyl sites for hydroxylation is 1. The van der Waals surface area contributed by atoms with Gasteiger partial charge in [0, 0.05) is 5.41 Å². The van der Waals surface area contributed by atoms with E-state index in [1.54, 1.807) is 6.33 Å². The Kier molecular flexibility index (Phi) is 3.44. The molecule has 4 heterocycles. The standard InChI is InChI=1S/C24H24N10/c1-15-28-31-34(29-15)24-10-16-7-17(11-24)9-23(8-16,13-24)22-27-21-19-12-26-33(18-5-3-2-4-6-18)20(19)25-14-32(21)30-22/h2-6,12,14,16-17H,7-11,13H2,1H3/t16-,17-,23?,24?/m0/s1. The van der Waals surface area contributed by atoms with Gasteiger partial charge in [-0.3, -0.25) is 0 Å². The van der Waals surface area contributed by atoms with Crippen molar-refractivity contribution in [3.63, 3.8) is 0 Å². The first-order chi connectivity index (χ1) is 16.6. The highest BCUT2D eigenvalue weighted by Crippen LogP contribution is 2.64. The summed E-state index contributed by atoms with van der Waals surface area (Å²) in [7, 11) is 0. The first-order valence-corrected chi connectivity index (χ1v) is 12.0. The number of tetrazole rings is 1. The van der Waals surface area contributed by atoms with Crippen molar-refractivity contribution in [2.45, 2.75) is 56.4 Å². The molecule has 0 spiro atoms. The number of aromatic nitrogens is 10. The Balaban J connectivity index is 1.26. The van der Waals surface area contributed by atoms with Crippen LogP contribution in [0.1, 0.15) is 50.2 Å². The molecule has 170 valence electrons. The Morgan fingerprint density at radius 1 is 0.971 bits per heavy atom. The predicted octanol–water partition coefficient (Wildman–Crippen LogP) is 3.01. The minimum absolute atomic E-state index is 0.0562. The number of nitrogens with zero attached hydrogens (tertiary/aromatic N) is 10. The van der Waals surface area contributed by atoms with Crippen molar-refractivity contribution >= 4 is 16.7 Å². The molecular weight excluding hydrogens is 428 g/mol. The van der Waals surface area contributed by atoms with Crippen LogP contribution >= 0.6 is 0 Å². The fourth-order valence-electron chi connectivity index (χ4n) is 7.50. The van der Waals surface area contributed by atoms with E-state index < -0.39 is 0 Å². The minimum atomic E-state index is -0.0748. The maximum Gasteiger partial charge on any atom is 0.171 e. The van der Waals surface area contributed by atoms with Crippen LogP contribution in [0, 0.1) is 18.8 Å². The van der Waals surface area contributed by atoms with Gasteiger partial charge >= 0.3 is 0 Å². The Bertz CT molecular complexity index is 1550. The quantitative estimate of drug-likeness (QED) is 0.414. The van der Waals surface area contributed by atoms with Crippen molar-refractivity contribution in [1.82, 2.24) is 49.6 Å². The van der Waals surface area contributed by atoms with Gasteiger partial charge in [-0.2, -0.15) is 9.90 Å². The van der Waals surface area contributed by atoms with E-state index in [4.69, 9.17) is 15.1 Å². The second kappa shape index (κ2) is 6.25. The molecule has 5 aromatic rings. The summed E-state index contributed by atoms with van der Waals surface area (Å²) in [4.78, 5) is 11.8. The number of hydrogen-bond acceptors (Lipinski definition) is 7. The zero-order valence-electron chi connectivity index (χ0n) is 18.9. The van der Waals surface area contributed by atoms with Gasteiger partial charge in [0.05, 0.1) is 22.8 Å². The maximum atomic E-state index is 5.16. The lowest BCUT2D eigenvalue weighted by molar-refractivity contribution is -0.0785.